The van der Waals surface area contributed by atoms with Crippen molar-refractivity contribution in [3.8, 4) is 0 Å². The van der Waals surface area contributed by atoms with Crippen molar-refractivity contribution in [1.82, 2.24) is 9.80 Å². The first-order valence-electron chi connectivity index (χ1n) is 4.51. The molecule has 0 amide bonds. The van der Waals surface area contributed by atoms with E-state index in [0.717, 1.165) is 19.8 Å². The summed E-state index contributed by atoms with van der Waals surface area (Å²) in [6.07, 6.45) is 1.27. The lowest BCUT2D eigenvalue weighted by molar-refractivity contribution is 0.135. The van der Waals surface area contributed by atoms with Crippen LogP contribution in [-0.4, -0.2) is 49.2 Å². The normalized spacial score (nSPS) is 22.4. The highest BCUT2D eigenvalue weighted by atomic mass is 15.3. The summed E-state index contributed by atoms with van der Waals surface area (Å²) in [7, 11) is 0. The van der Waals surface area contributed by atoms with Crippen molar-refractivity contribution in [3.63, 3.8) is 0 Å². The van der Waals surface area contributed by atoms with Gasteiger partial charge < -0.3 is 10.6 Å². The predicted molar refractivity (Wildman–Crippen MR) is 47.4 cm³/mol. The fourth-order valence-corrected chi connectivity index (χ4v) is 1.51. The smallest absolute Gasteiger partial charge is 0.0456 e. The van der Waals surface area contributed by atoms with Crippen molar-refractivity contribution >= 4 is 0 Å². The Labute approximate surface area is 69.1 Å². The summed E-state index contributed by atoms with van der Waals surface area (Å²) in [6.45, 7) is 8.90. The third-order valence-electron chi connectivity index (χ3n) is 2.26. The first kappa shape index (κ1) is 8.97. The van der Waals surface area contributed by atoms with Crippen LogP contribution in [0.5, 0.6) is 0 Å². The fourth-order valence-electron chi connectivity index (χ4n) is 1.51. The summed E-state index contributed by atoms with van der Waals surface area (Å²) in [6, 6.07) is 0. The molecule has 1 fully saturated rings. The zero-order valence-corrected chi connectivity index (χ0v) is 7.42. The molecule has 1 rings (SSSR count). The highest BCUT2D eigenvalue weighted by Crippen LogP contribution is 1.99. The molecule has 0 aromatic carbocycles. The van der Waals surface area contributed by atoms with Gasteiger partial charge in [-0.3, -0.25) is 4.90 Å². The molecule has 0 aliphatic carbocycles. The van der Waals surface area contributed by atoms with E-state index in [0.29, 0.717) is 0 Å². The van der Waals surface area contributed by atoms with Crippen LogP contribution >= 0.6 is 0 Å². The van der Waals surface area contributed by atoms with Crippen molar-refractivity contribution in [2.75, 3.05) is 39.4 Å². The molecule has 0 aromatic heterocycles. The van der Waals surface area contributed by atoms with Crippen molar-refractivity contribution in [1.29, 1.82) is 0 Å². The minimum absolute atomic E-state index is 0.722. The molecule has 11 heavy (non-hydrogen) atoms. The minimum atomic E-state index is 0.722. The average molecular weight is 157 g/mol. The van der Waals surface area contributed by atoms with Gasteiger partial charge in [0, 0.05) is 32.8 Å². The van der Waals surface area contributed by atoms with Crippen LogP contribution in [0.2, 0.25) is 0 Å². The second-order valence-electron chi connectivity index (χ2n) is 3.14. The van der Waals surface area contributed by atoms with E-state index in [4.69, 9.17) is 5.73 Å². The van der Waals surface area contributed by atoms with Gasteiger partial charge >= 0.3 is 0 Å². The molecule has 0 aromatic rings. The first-order chi connectivity index (χ1) is 5.36. The van der Waals surface area contributed by atoms with Gasteiger partial charge in [0.15, 0.2) is 0 Å². The molecular weight excluding hydrogens is 138 g/mol. The van der Waals surface area contributed by atoms with Crippen LogP contribution < -0.4 is 5.73 Å². The first-order valence-corrected chi connectivity index (χ1v) is 4.51. The van der Waals surface area contributed by atoms with Gasteiger partial charge in [-0.05, 0) is 13.0 Å². The number of hydrogen-bond donors (Lipinski definition) is 1. The zero-order valence-electron chi connectivity index (χ0n) is 7.42. The quantitative estimate of drug-likeness (QED) is 0.622. The van der Waals surface area contributed by atoms with Crippen LogP contribution in [0.4, 0.5) is 0 Å². The Morgan fingerprint density at radius 2 is 1.64 bits per heavy atom. The zero-order chi connectivity index (χ0) is 8.10. The van der Waals surface area contributed by atoms with E-state index in [-0.39, 0.29) is 0 Å². The third kappa shape index (κ3) is 2.77. The molecule has 0 saturated carbocycles. The van der Waals surface area contributed by atoms with Gasteiger partial charge in [-0.25, -0.2) is 0 Å². The summed E-state index contributed by atoms with van der Waals surface area (Å²) in [5.74, 6) is 0. The van der Waals surface area contributed by atoms with Crippen LogP contribution in [0.1, 0.15) is 13.3 Å². The largest absolute Gasteiger partial charge is 0.318 e. The molecule has 0 atom stereocenters. The van der Waals surface area contributed by atoms with Crippen LogP contribution in [0.3, 0.4) is 0 Å². The second kappa shape index (κ2) is 4.70. The highest BCUT2D eigenvalue weighted by molar-refractivity contribution is 4.69. The Morgan fingerprint density at radius 1 is 1.09 bits per heavy atom. The number of rotatable bonds is 3. The van der Waals surface area contributed by atoms with Crippen molar-refractivity contribution in [3.05, 3.63) is 0 Å². The van der Waals surface area contributed by atoms with E-state index in [1.165, 1.54) is 26.1 Å². The summed E-state index contributed by atoms with van der Waals surface area (Å²) < 4.78 is 0. The minimum Gasteiger partial charge on any atom is -0.318 e. The van der Waals surface area contributed by atoms with E-state index in [9.17, 15) is 0 Å². The Balaban J connectivity index is 2.14. The Morgan fingerprint density at radius 3 is 2.09 bits per heavy atom. The van der Waals surface area contributed by atoms with Crippen LogP contribution in [0, 0.1) is 0 Å². The summed E-state index contributed by atoms with van der Waals surface area (Å²) >= 11 is 0. The molecule has 0 radical (unpaired) electrons. The molecule has 1 saturated heterocycles. The maximum absolute atomic E-state index is 5.53. The van der Waals surface area contributed by atoms with Gasteiger partial charge in [-0.2, -0.15) is 0 Å². The van der Waals surface area contributed by atoms with E-state index in [2.05, 4.69) is 16.7 Å². The van der Waals surface area contributed by atoms with Crippen LogP contribution in [-0.2, 0) is 0 Å². The van der Waals surface area contributed by atoms with Gasteiger partial charge in [-0.1, -0.05) is 6.92 Å². The third-order valence-corrected chi connectivity index (χ3v) is 2.26. The Hall–Kier alpha value is -0.120. The fraction of sp³-hybridized carbons (Fsp3) is 1.00. The summed E-state index contributed by atoms with van der Waals surface area (Å²) in [4.78, 5) is 4.80. The van der Waals surface area contributed by atoms with Crippen molar-refractivity contribution < 1.29 is 0 Å². The molecule has 3 heteroatoms. The monoisotopic (exact) mass is 157 g/mol. The predicted octanol–water partition coefficient (Wildman–Crippen LogP) is -0.0698. The standard InChI is InChI=1S/C8H19N3/c1-2-3-10-4-6-11(8-9)7-5-10/h2-9H2,1H3. The van der Waals surface area contributed by atoms with E-state index < -0.39 is 0 Å². The molecule has 0 unspecified atom stereocenters. The van der Waals surface area contributed by atoms with E-state index in [1.807, 2.05) is 0 Å². The summed E-state index contributed by atoms with van der Waals surface area (Å²) in [5, 5.41) is 0. The lowest BCUT2D eigenvalue weighted by Crippen LogP contribution is -2.48. The molecule has 2 N–H and O–H groups in total. The molecule has 1 aliphatic heterocycles. The molecular formula is C8H19N3. The molecule has 0 spiro atoms. The lowest BCUT2D eigenvalue weighted by atomic mass is 10.3. The number of hydrogen-bond acceptors (Lipinski definition) is 3. The van der Waals surface area contributed by atoms with Gasteiger partial charge in [0.25, 0.3) is 0 Å². The van der Waals surface area contributed by atoms with Gasteiger partial charge in [0.05, 0.1) is 0 Å². The maximum atomic E-state index is 5.53. The topological polar surface area (TPSA) is 32.5 Å². The lowest BCUT2D eigenvalue weighted by Gasteiger charge is -2.33. The van der Waals surface area contributed by atoms with Crippen molar-refractivity contribution in [2.45, 2.75) is 13.3 Å². The Bertz CT molecular complexity index is 97.5. The number of nitrogens with zero attached hydrogens (tertiary/aromatic N) is 2. The Kier molecular flexibility index (Phi) is 3.83. The van der Waals surface area contributed by atoms with E-state index >= 15 is 0 Å². The van der Waals surface area contributed by atoms with Gasteiger partial charge in [-0.15, -0.1) is 0 Å². The van der Waals surface area contributed by atoms with Crippen LogP contribution in [0.25, 0.3) is 0 Å². The van der Waals surface area contributed by atoms with Crippen LogP contribution in [0.15, 0.2) is 0 Å². The molecule has 3 nitrogen and oxygen atoms in total. The highest BCUT2D eigenvalue weighted by Gasteiger charge is 2.13. The van der Waals surface area contributed by atoms with Crippen molar-refractivity contribution in [2.24, 2.45) is 5.73 Å². The number of nitrogens with two attached hydrogens (primary N) is 1. The SMILES string of the molecule is CCCN1CCN(CN)CC1. The van der Waals surface area contributed by atoms with E-state index in [1.54, 1.807) is 0 Å². The summed E-state index contributed by atoms with van der Waals surface area (Å²) in [5.41, 5.74) is 5.53. The molecule has 1 aliphatic rings. The molecule has 0 bridgehead atoms. The van der Waals surface area contributed by atoms with Gasteiger partial charge in [0.1, 0.15) is 0 Å². The molecule has 66 valence electrons. The second-order valence-corrected chi connectivity index (χ2v) is 3.14. The average Bonchev–Trinajstić information content (AvgIpc) is 2.07. The molecule has 1 heterocycles. The maximum Gasteiger partial charge on any atom is 0.0456 e. The number of piperazine rings is 1. The van der Waals surface area contributed by atoms with Gasteiger partial charge in [0.2, 0.25) is 0 Å².